The van der Waals surface area contributed by atoms with Gasteiger partial charge >= 0.3 is 0 Å². The van der Waals surface area contributed by atoms with Crippen LogP contribution in [0.2, 0.25) is 0 Å². The molecular formula is C24H27N. The second-order valence-electron chi connectivity index (χ2n) is 8.55. The highest BCUT2D eigenvalue weighted by Gasteiger charge is 2.46. The van der Waals surface area contributed by atoms with Crippen LogP contribution in [0.1, 0.15) is 32.1 Å². The molecule has 0 unspecified atom stereocenters. The minimum atomic E-state index is 0.586. The van der Waals surface area contributed by atoms with E-state index in [0.29, 0.717) is 6.04 Å². The van der Waals surface area contributed by atoms with Crippen LogP contribution in [0.25, 0.3) is 21.5 Å². The molecule has 2 N–H and O–H groups in total. The van der Waals surface area contributed by atoms with Crippen LogP contribution in [0.5, 0.6) is 0 Å². The average molecular weight is 329 g/mol. The van der Waals surface area contributed by atoms with E-state index in [9.17, 15) is 0 Å². The summed E-state index contributed by atoms with van der Waals surface area (Å²) in [6.07, 6.45) is 7.41. The van der Waals surface area contributed by atoms with Crippen LogP contribution in [0.4, 0.5) is 0 Å². The van der Waals surface area contributed by atoms with Crippen molar-refractivity contribution in [1.29, 1.82) is 0 Å². The summed E-state index contributed by atoms with van der Waals surface area (Å²) in [4.78, 5) is 0. The molecule has 0 spiro atoms. The molecule has 3 aromatic carbocycles. The number of nitrogens with two attached hydrogens (primary N) is 1. The summed E-state index contributed by atoms with van der Waals surface area (Å²) < 4.78 is 0. The van der Waals surface area contributed by atoms with Gasteiger partial charge in [-0.1, -0.05) is 48.5 Å². The molecule has 0 radical (unpaired) electrons. The number of hydrogen-bond donors (Lipinski definition) is 1. The third-order valence-electron chi connectivity index (χ3n) is 6.91. The summed E-state index contributed by atoms with van der Waals surface area (Å²) in [5.74, 6) is 4.01. The monoisotopic (exact) mass is 329 g/mol. The quantitative estimate of drug-likeness (QED) is 0.521. The molecule has 0 aromatic heterocycles. The molecule has 128 valence electrons. The van der Waals surface area contributed by atoms with Gasteiger partial charge in [-0.15, -0.1) is 0 Å². The first-order valence-corrected chi connectivity index (χ1v) is 9.89. The predicted molar refractivity (Wildman–Crippen MR) is 106 cm³/mol. The summed E-state index contributed by atoms with van der Waals surface area (Å²) in [5, 5.41) is 5.25. The zero-order chi connectivity index (χ0) is 16.8. The van der Waals surface area contributed by atoms with E-state index in [0.717, 1.165) is 23.7 Å². The van der Waals surface area contributed by atoms with Crippen molar-refractivity contribution in [3.63, 3.8) is 0 Å². The Morgan fingerprint density at radius 1 is 0.560 bits per heavy atom. The fraction of sp³-hybridized carbons (Fsp3) is 0.417. The molecule has 4 saturated carbocycles. The van der Waals surface area contributed by atoms with Gasteiger partial charge in [0, 0.05) is 6.04 Å². The average Bonchev–Trinajstić information content (AvgIpc) is 2.64. The SMILES string of the molecule is NC1C2CC3CC(C2)CC1C3.c1ccc2cc3ccccc3cc2c1. The molecule has 4 aliphatic carbocycles. The van der Waals surface area contributed by atoms with Gasteiger partial charge in [0.15, 0.2) is 0 Å². The van der Waals surface area contributed by atoms with Crippen LogP contribution in [0.15, 0.2) is 60.7 Å². The van der Waals surface area contributed by atoms with E-state index in [2.05, 4.69) is 60.7 Å². The van der Waals surface area contributed by atoms with E-state index < -0.39 is 0 Å². The highest BCUT2D eigenvalue weighted by atomic mass is 14.7. The molecule has 0 heterocycles. The Morgan fingerprint density at radius 3 is 1.28 bits per heavy atom. The lowest BCUT2D eigenvalue weighted by atomic mass is 9.54. The molecule has 25 heavy (non-hydrogen) atoms. The van der Waals surface area contributed by atoms with Gasteiger partial charge in [0.1, 0.15) is 0 Å². The Labute approximate surface area is 150 Å². The Hall–Kier alpha value is -1.86. The van der Waals surface area contributed by atoms with Gasteiger partial charge in [0.2, 0.25) is 0 Å². The zero-order valence-corrected chi connectivity index (χ0v) is 14.8. The van der Waals surface area contributed by atoms with E-state index in [1.54, 1.807) is 6.42 Å². The number of hydrogen-bond acceptors (Lipinski definition) is 1. The summed E-state index contributed by atoms with van der Waals surface area (Å²) in [7, 11) is 0. The van der Waals surface area contributed by atoms with Crippen molar-refractivity contribution >= 4 is 21.5 Å². The summed E-state index contributed by atoms with van der Waals surface area (Å²) >= 11 is 0. The summed E-state index contributed by atoms with van der Waals surface area (Å²) in [6.45, 7) is 0. The van der Waals surface area contributed by atoms with Gasteiger partial charge in [-0.05, 0) is 89.5 Å². The van der Waals surface area contributed by atoms with Crippen molar-refractivity contribution in [3.05, 3.63) is 60.7 Å². The van der Waals surface area contributed by atoms with Crippen LogP contribution in [0, 0.1) is 23.7 Å². The van der Waals surface area contributed by atoms with Gasteiger partial charge in [-0.2, -0.15) is 0 Å². The Kier molecular flexibility index (Phi) is 3.78. The second kappa shape index (κ2) is 6.14. The maximum absolute atomic E-state index is 6.17. The van der Waals surface area contributed by atoms with Crippen molar-refractivity contribution < 1.29 is 0 Å². The minimum absolute atomic E-state index is 0.586. The topological polar surface area (TPSA) is 26.0 Å². The third-order valence-corrected chi connectivity index (χ3v) is 6.91. The lowest BCUT2D eigenvalue weighted by molar-refractivity contribution is 0.000349. The molecule has 7 rings (SSSR count). The van der Waals surface area contributed by atoms with E-state index in [1.165, 1.54) is 47.2 Å². The highest BCUT2D eigenvalue weighted by Crippen LogP contribution is 2.52. The zero-order valence-electron chi connectivity index (χ0n) is 14.8. The molecular weight excluding hydrogens is 302 g/mol. The smallest absolute Gasteiger partial charge is 0.00960 e. The van der Waals surface area contributed by atoms with Crippen LogP contribution in [-0.2, 0) is 0 Å². The number of benzene rings is 3. The van der Waals surface area contributed by atoms with Crippen LogP contribution in [0.3, 0.4) is 0 Å². The molecule has 0 aliphatic heterocycles. The summed E-state index contributed by atoms with van der Waals surface area (Å²) in [6, 6.07) is 22.0. The Morgan fingerprint density at radius 2 is 0.920 bits per heavy atom. The van der Waals surface area contributed by atoms with Crippen molar-refractivity contribution in [2.45, 2.75) is 38.1 Å². The molecule has 4 aliphatic rings. The lowest BCUT2D eigenvalue weighted by Crippen LogP contribution is -2.52. The Bertz CT molecular complexity index is 764. The largest absolute Gasteiger partial charge is 0.327 e. The van der Waals surface area contributed by atoms with Crippen molar-refractivity contribution in [2.24, 2.45) is 29.4 Å². The molecule has 0 amide bonds. The highest BCUT2D eigenvalue weighted by molar-refractivity contribution is 5.98. The molecule has 1 heteroatoms. The van der Waals surface area contributed by atoms with Crippen LogP contribution in [-0.4, -0.2) is 6.04 Å². The third kappa shape index (κ3) is 2.85. The maximum Gasteiger partial charge on any atom is 0.00960 e. The standard InChI is InChI=1S/C14H10.C10H17N/c1-2-6-12-10-14-8-4-3-7-13(14)9-11(12)5-1;11-10-8-2-6-1-7(4-8)5-9(10)3-6/h1-10H;6-10H,1-5,11H2. The first kappa shape index (κ1) is 15.4. The van der Waals surface area contributed by atoms with E-state index in [4.69, 9.17) is 5.73 Å². The normalized spacial score (nSPS) is 32.6. The predicted octanol–water partition coefficient (Wildman–Crippen LogP) is 5.76. The molecule has 4 bridgehead atoms. The number of fused-ring (bicyclic) bond motifs is 2. The second-order valence-corrected chi connectivity index (χ2v) is 8.55. The fourth-order valence-electron chi connectivity index (χ4n) is 5.85. The lowest BCUT2D eigenvalue weighted by Gasteiger charge is -2.53. The molecule has 3 aromatic rings. The van der Waals surface area contributed by atoms with Crippen molar-refractivity contribution in [2.75, 3.05) is 0 Å². The molecule has 1 nitrogen and oxygen atoms in total. The Balaban J connectivity index is 0.000000115. The van der Waals surface area contributed by atoms with Crippen LogP contribution < -0.4 is 5.73 Å². The maximum atomic E-state index is 6.17. The fourth-order valence-corrected chi connectivity index (χ4v) is 5.85. The first-order valence-electron chi connectivity index (χ1n) is 9.89. The van der Waals surface area contributed by atoms with E-state index >= 15 is 0 Å². The van der Waals surface area contributed by atoms with E-state index in [1.807, 2.05) is 0 Å². The van der Waals surface area contributed by atoms with Gasteiger partial charge in [0.05, 0.1) is 0 Å². The molecule has 0 atom stereocenters. The minimum Gasteiger partial charge on any atom is -0.327 e. The van der Waals surface area contributed by atoms with Gasteiger partial charge < -0.3 is 5.73 Å². The van der Waals surface area contributed by atoms with Crippen molar-refractivity contribution in [1.82, 2.24) is 0 Å². The van der Waals surface area contributed by atoms with Gasteiger partial charge in [0.25, 0.3) is 0 Å². The first-order chi connectivity index (χ1) is 12.3. The molecule has 0 saturated heterocycles. The van der Waals surface area contributed by atoms with Crippen molar-refractivity contribution in [3.8, 4) is 0 Å². The number of rotatable bonds is 0. The van der Waals surface area contributed by atoms with Gasteiger partial charge in [-0.3, -0.25) is 0 Å². The molecule has 4 fully saturated rings. The van der Waals surface area contributed by atoms with Gasteiger partial charge in [-0.25, -0.2) is 0 Å². The van der Waals surface area contributed by atoms with Crippen LogP contribution >= 0.6 is 0 Å². The van der Waals surface area contributed by atoms with E-state index in [-0.39, 0.29) is 0 Å². The summed E-state index contributed by atoms with van der Waals surface area (Å²) in [5.41, 5.74) is 6.17.